The molecule has 0 radical (unpaired) electrons. The Morgan fingerprint density at radius 3 is 2.60 bits per heavy atom. The molecule has 4 nitrogen and oxygen atoms in total. The van der Waals surface area contributed by atoms with Gasteiger partial charge in [-0.3, -0.25) is 0 Å². The predicted octanol–water partition coefficient (Wildman–Crippen LogP) is 0.892. The van der Waals surface area contributed by atoms with E-state index in [9.17, 15) is 0 Å². The highest BCUT2D eigenvalue weighted by atomic mass is 15.3. The molecule has 0 bridgehead atoms. The van der Waals surface area contributed by atoms with Crippen LogP contribution in [0.25, 0.3) is 0 Å². The topological polar surface area (TPSA) is 41.1 Å². The molecule has 1 aromatic rings. The number of hydrogen-bond donors (Lipinski definition) is 1. The van der Waals surface area contributed by atoms with Crippen molar-refractivity contribution >= 4 is 5.95 Å². The zero-order valence-corrected chi connectivity index (χ0v) is 9.62. The fourth-order valence-electron chi connectivity index (χ4n) is 1.97. The number of nitrogens with one attached hydrogen (secondary N) is 1. The van der Waals surface area contributed by atoms with Crippen LogP contribution in [0.3, 0.4) is 0 Å². The third kappa shape index (κ3) is 2.26. The molecule has 0 aliphatic carbocycles. The minimum atomic E-state index is 0.472. The first-order valence-electron chi connectivity index (χ1n) is 5.46. The zero-order valence-electron chi connectivity index (χ0n) is 9.62. The van der Waals surface area contributed by atoms with Gasteiger partial charge in [0.15, 0.2) is 0 Å². The van der Waals surface area contributed by atoms with E-state index in [1.54, 1.807) is 0 Å². The van der Waals surface area contributed by atoms with E-state index < -0.39 is 0 Å². The van der Waals surface area contributed by atoms with E-state index >= 15 is 0 Å². The Labute approximate surface area is 90.7 Å². The van der Waals surface area contributed by atoms with Crippen LogP contribution in [0.15, 0.2) is 6.07 Å². The maximum atomic E-state index is 4.50. The molecule has 0 unspecified atom stereocenters. The maximum absolute atomic E-state index is 4.50. The number of anilines is 1. The van der Waals surface area contributed by atoms with Crippen molar-refractivity contribution in [1.82, 2.24) is 15.3 Å². The Bertz CT molecular complexity index is 330. The van der Waals surface area contributed by atoms with Crippen LogP contribution >= 0.6 is 0 Å². The van der Waals surface area contributed by atoms with Gasteiger partial charge >= 0.3 is 0 Å². The second kappa shape index (κ2) is 4.14. The van der Waals surface area contributed by atoms with Crippen molar-refractivity contribution in [3.63, 3.8) is 0 Å². The van der Waals surface area contributed by atoms with Gasteiger partial charge in [-0.05, 0) is 26.8 Å². The van der Waals surface area contributed by atoms with Crippen molar-refractivity contribution < 1.29 is 0 Å². The zero-order chi connectivity index (χ0) is 10.8. The molecule has 2 heterocycles. The van der Waals surface area contributed by atoms with E-state index in [0.717, 1.165) is 37.0 Å². The van der Waals surface area contributed by atoms with Gasteiger partial charge in [-0.15, -0.1) is 0 Å². The molecule has 82 valence electrons. The largest absolute Gasteiger partial charge is 0.336 e. The SMILES string of the molecule is Cc1cc(C)nc(N2CCNC[C@@H]2C)n1. The summed E-state index contributed by atoms with van der Waals surface area (Å²) in [6.07, 6.45) is 0. The van der Waals surface area contributed by atoms with E-state index in [0.29, 0.717) is 6.04 Å². The number of aromatic nitrogens is 2. The molecule has 0 saturated carbocycles. The van der Waals surface area contributed by atoms with Gasteiger partial charge < -0.3 is 10.2 Å². The summed E-state index contributed by atoms with van der Waals surface area (Å²) < 4.78 is 0. The van der Waals surface area contributed by atoms with Crippen LogP contribution in [0, 0.1) is 13.8 Å². The first kappa shape index (κ1) is 10.4. The molecule has 0 aromatic carbocycles. The van der Waals surface area contributed by atoms with E-state index in [4.69, 9.17) is 0 Å². The Kier molecular flexibility index (Phi) is 2.86. The standard InChI is InChI=1S/C11H18N4/c1-8-6-9(2)14-11(13-8)15-5-4-12-7-10(15)3/h6,10,12H,4-5,7H2,1-3H3/t10-/m0/s1. The molecule has 2 rings (SSSR count). The van der Waals surface area contributed by atoms with Crippen molar-refractivity contribution in [3.05, 3.63) is 17.5 Å². The molecule has 15 heavy (non-hydrogen) atoms. The Hall–Kier alpha value is -1.16. The lowest BCUT2D eigenvalue weighted by atomic mass is 10.2. The molecular formula is C11H18N4. The van der Waals surface area contributed by atoms with E-state index in [1.165, 1.54) is 0 Å². The van der Waals surface area contributed by atoms with Gasteiger partial charge in [0, 0.05) is 37.1 Å². The van der Waals surface area contributed by atoms with Crippen molar-refractivity contribution in [2.45, 2.75) is 26.8 Å². The lowest BCUT2D eigenvalue weighted by molar-refractivity contribution is 0.492. The quantitative estimate of drug-likeness (QED) is 0.741. The van der Waals surface area contributed by atoms with Crippen LogP contribution in [0.2, 0.25) is 0 Å². The van der Waals surface area contributed by atoms with E-state index in [2.05, 4.69) is 27.1 Å². The van der Waals surface area contributed by atoms with Crippen LogP contribution < -0.4 is 10.2 Å². The number of aryl methyl sites for hydroxylation is 2. The second-order valence-electron chi connectivity index (χ2n) is 4.20. The Morgan fingerprint density at radius 1 is 1.33 bits per heavy atom. The summed E-state index contributed by atoms with van der Waals surface area (Å²) in [6, 6.07) is 2.48. The number of rotatable bonds is 1. The lowest BCUT2D eigenvalue weighted by Gasteiger charge is -2.34. The Balaban J connectivity index is 2.27. The number of nitrogens with zero attached hydrogens (tertiary/aromatic N) is 3. The van der Waals surface area contributed by atoms with Crippen LogP contribution in [0.1, 0.15) is 18.3 Å². The van der Waals surface area contributed by atoms with Crippen LogP contribution in [0.4, 0.5) is 5.95 Å². The van der Waals surface area contributed by atoms with Gasteiger partial charge in [0.05, 0.1) is 0 Å². The summed E-state index contributed by atoms with van der Waals surface area (Å²) in [7, 11) is 0. The molecule has 1 aliphatic rings. The molecule has 0 amide bonds. The Morgan fingerprint density at radius 2 is 2.00 bits per heavy atom. The van der Waals surface area contributed by atoms with Crippen molar-refractivity contribution in [3.8, 4) is 0 Å². The maximum Gasteiger partial charge on any atom is 0.226 e. The van der Waals surface area contributed by atoms with Crippen molar-refractivity contribution in [2.75, 3.05) is 24.5 Å². The van der Waals surface area contributed by atoms with Gasteiger partial charge in [-0.1, -0.05) is 0 Å². The average molecular weight is 206 g/mol. The smallest absolute Gasteiger partial charge is 0.226 e. The lowest BCUT2D eigenvalue weighted by Crippen LogP contribution is -2.50. The monoisotopic (exact) mass is 206 g/mol. The van der Waals surface area contributed by atoms with Gasteiger partial charge in [-0.25, -0.2) is 9.97 Å². The predicted molar refractivity (Wildman–Crippen MR) is 61.2 cm³/mol. The molecule has 1 saturated heterocycles. The summed E-state index contributed by atoms with van der Waals surface area (Å²) in [4.78, 5) is 11.3. The van der Waals surface area contributed by atoms with E-state index in [-0.39, 0.29) is 0 Å². The number of piperazine rings is 1. The minimum absolute atomic E-state index is 0.472. The van der Waals surface area contributed by atoms with Crippen LogP contribution in [0.5, 0.6) is 0 Å². The summed E-state index contributed by atoms with van der Waals surface area (Å²) in [6.45, 7) is 9.25. The molecule has 4 heteroatoms. The fourth-order valence-corrected chi connectivity index (χ4v) is 1.97. The summed E-state index contributed by atoms with van der Waals surface area (Å²) >= 11 is 0. The fraction of sp³-hybridized carbons (Fsp3) is 0.636. The molecule has 1 fully saturated rings. The molecular weight excluding hydrogens is 188 g/mol. The second-order valence-corrected chi connectivity index (χ2v) is 4.20. The van der Waals surface area contributed by atoms with Gasteiger partial charge in [0.1, 0.15) is 0 Å². The van der Waals surface area contributed by atoms with Crippen LogP contribution in [-0.2, 0) is 0 Å². The molecule has 0 spiro atoms. The van der Waals surface area contributed by atoms with Gasteiger partial charge in [0.25, 0.3) is 0 Å². The third-order valence-corrected chi connectivity index (χ3v) is 2.73. The summed E-state index contributed by atoms with van der Waals surface area (Å²) in [5.74, 6) is 0.876. The highest BCUT2D eigenvalue weighted by molar-refractivity contribution is 5.34. The van der Waals surface area contributed by atoms with Gasteiger partial charge in [0.2, 0.25) is 5.95 Å². The molecule has 1 N–H and O–H groups in total. The van der Waals surface area contributed by atoms with Gasteiger partial charge in [-0.2, -0.15) is 0 Å². The molecule has 1 aliphatic heterocycles. The van der Waals surface area contributed by atoms with Crippen LogP contribution in [-0.4, -0.2) is 35.6 Å². The van der Waals surface area contributed by atoms with E-state index in [1.807, 2.05) is 19.9 Å². The number of hydrogen-bond acceptors (Lipinski definition) is 4. The highest BCUT2D eigenvalue weighted by Gasteiger charge is 2.20. The normalized spacial score (nSPS) is 21.8. The van der Waals surface area contributed by atoms with Crippen molar-refractivity contribution in [1.29, 1.82) is 0 Å². The average Bonchev–Trinajstić information content (AvgIpc) is 2.16. The summed E-state index contributed by atoms with van der Waals surface area (Å²) in [5.41, 5.74) is 2.09. The summed E-state index contributed by atoms with van der Waals surface area (Å²) in [5, 5.41) is 3.37. The minimum Gasteiger partial charge on any atom is -0.336 e. The first-order chi connectivity index (χ1) is 7.16. The molecule has 1 aromatic heterocycles. The first-order valence-corrected chi connectivity index (χ1v) is 5.46. The highest BCUT2D eigenvalue weighted by Crippen LogP contribution is 2.14. The molecule has 1 atom stereocenters. The third-order valence-electron chi connectivity index (χ3n) is 2.73. The van der Waals surface area contributed by atoms with Crippen molar-refractivity contribution in [2.24, 2.45) is 0 Å².